The van der Waals surface area contributed by atoms with Crippen molar-refractivity contribution in [2.24, 2.45) is 0 Å². The van der Waals surface area contributed by atoms with Crippen LogP contribution in [-0.2, 0) is 36.3 Å². The van der Waals surface area contributed by atoms with Crippen LogP contribution in [0, 0.1) is 0 Å². The molecule has 12 heteroatoms. The molecule has 154 valence electrons. The van der Waals surface area contributed by atoms with Crippen molar-refractivity contribution in [2.75, 3.05) is 20.6 Å². The lowest BCUT2D eigenvalue weighted by Gasteiger charge is -2.28. The minimum Gasteiger partial charge on any atom is -0.297 e. The number of fused-ring (bicyclic) bond motifs is 3. The predicted octanol–water partition coefficient (Wildman–Crippen LogP) is -0.121. The van der Waals surface area contributed by atoms with E-state index in [0.717, 1.165) is 10.4 Å². The Labute approximate surface area is 170 Å². The molecule has 10 nitrogen and oxygen atoms in total. The van der Waals surface area contributed by atoms with Crippen molar-refractivity contribution in [3.63, 3.8) is 0 Å². The zero-order chi connectivity index (χ0) is 20.8. The molecule has 0 saturated heterocycles. The van der Waals surface area contributed by atoms with E-state index in [-0.39, 0.29) is 17.7 Å². The minimum absolute atomic E-state index is 0.173. The van der Waals surface area contributed by atoms with Crippen LogP contribution in [0.5, 0.6) is 0 Å². The van der Waals surface area contributed by atoms with Crippen LogP contribution in [0.3, 0.4) is 0 Å². The van der Waals surface area contributed by atoms with E-state index in [1.807, 2.05) is 0 Å². The number of hydrogen-bond acceptors (Lipinski definition) is 7. The Balaban J connectivity index is 1.66. The Morgan fingerprint density at radius 2 is 1.93 bits per heavy atom. The van der Waals surface area contributed by atoms with Gasteiger partial charge in [-0.3, -0.25) is 18.7 Å². The van der Waals surface area contributed by atoms with Gasteiger partial charge in [-0.15, -0.1) is 11.3 Å². The van der Waals surface area contributed by atoms with E-state index in [0.29, 0.717) is 36.3 Å². The Hall–Kier alpha value is -2.41. The quantitative estimate of drug-likeness (QED) is 0.551. The summed E-state index contributed by atoms with van der Waals surface area (Å²) in [5.41, 5.74) is 0.520. The number of rotatable bonds is 5. The van der Waals surface area contributed by atoms with Gasteiger partial charge in [-0.1, -0.05) is 0 Å². The standard InChI is InChI=1S/C17H20N6O4S2/c1-20(2)29(26,27)23-6-4-12-13(9-23)28-16-15(12)17(25)22(11-19-16)8-7-21-10-18-5-3-14(21)24/h3,5,10-11H,4,6-9H2,1-2H3. The molecule has 0 atom stereocenters. The number of aryl methyl sites for hydroxylation is 2. The fraction of sp³-hybridized carbons (Fsp3) is 0.412. The molecule has 4 rings (SSSR count). The summed E-state index contributed by atoms with van der Waals surface area (Å²) >= 11 is 1.36. The molecule has 3 aromatic heterocycles. The molecular formula is C17H20N6O4S2. The predicted molar refractivity (Wildman–Crippen MR) is 109 cm³/mol. The van der Waals surface area contributed by atoms with Gasteiger partial charge < -0.3 is 0 Å². The zero-order valence-corrected chi connectivity index (χ0v) is 17.6. The van der Waals surface area contributed by atoms with Crippen molar-refractivity contribution in [1.82, 2.24) is 27.7 Å². The van der Waals surface area contributed by atoms with Gasteiger partial charge in [0.05, 0.1) is 18.0 Å². The maximum absolute atomic E-state index is 13.0. The van der Waals surface area contributed by atoms with Crippen molar-refractivity contribution in [3.05, 3.63) is 56.1 Å². The first-order chi connectivity index (χ1) is 13.8. The van der Waals surface area contributed by atoms with Gasteiger partial charge in [0.15, 0.2) is 0 Å². The van der Waals surface area contributed by atoms with Gasteiger partial charge in [0.1, 0.15) is 4.83 Å². The highest BCUT2D eigenvalue weighted by atomic mass is 32.2. The molecule has 0 radical (unpaired) electrons. The van der Waals surface area contributed by atoms with Crippen LogP contribution in [0.15, 0.2) is 34.5 Å². The van der Waals surface area contributed by atoms with Crippen LogP contribution in [0.4, 0.5) is 0 Å². The molecule has 0 aromatic carbocycles. The molecule has 1 aliphatic rings. The maximum atomic E-state index is 13.0. The van der Waals surface area contributed by atoms with E-state index in [1.165, 1.54) is 68.1 Å². The summed E-state index contributed by atoms with van der Waals surface area (Å²) in [4.78, 5) is 34.6. The fourth-order valence-electron chi connectivity index (χ4n) is 3.34. The summed E-state index contributed by atoms with van der Waals surface area (Å²) in [5, 5.41) is 0.549. The largest absolute Gasteiger partial charge is 0.297 e. The Morgan fingerprint density at radius 3 is 2.66 bits per heavy atom. The Kier molecular flexibility index (Phi) is 5.11. The van der Waals surface area contributed by atoms with Gasteiger partial charge in [-0.05, 0) is 12.0 Å². The normalized spacial score (nSPS) is 15.1. The van der Waals surface area contributed by atoms with Crippen LogP contribution in [0.1, 0.15) is 10.4 Å². The van der Waals surface area contributed by atoms with E-state index in [1.54, 1.807) is 0 Å². The zero-order valence-electron chi connectivity index (χ0n) is 16.0. The molecule has 0 aliphatic carbocycles. The lowest BCUT2D eigenvalue weighted by Crippen LogP contribution is -2.42. The van der Waals surface area contributed by atoms with Crippen LogP contribution >= 0.6 is 11.3 Å². The highest BCUT2D eigenvalue weighted by Crippen LogP contribution is 2.33. The molecule has 0 bridgehead atoms. The number of thiophene rings is 1. The smallest absolute Gasteiger partial charge is 0.281 e. The number of nitrogens with zero attached hydrogens (tertiary/aromatic N) is 6. The summed E-state index contributed by atoms with van der Waals surface area (Å²) in [6.07, 6.45) is 4.80. The minimum atomic E-state index is -3.51. The van der Waals surface area contributed by atoms with Crippen LogP contribution in [-0.4, -0.2) is 56.8 Å². The van der Waals surface area contributed by atoms with Crippen molar-refractivity contribution in [3.8, 4) is 0 Å². The molecule has 29 heavy (non-hydrogen) atoms. The third-order valence-corrected chi connectivity index (χ3v) is 7.97. The summed E-state index contributed by atoms with van der Waals surface area (Å²) in [5.74, 6) is 0. The van der Waals surface area contributed by atoms with Gasteiger partial charge >= 0.3 is 0 Å². The summed E-state index contributed by atoms with van der Waals surface area (Å²) in [6.45, 7) is 1.15. The average Bonchev–Trinajstić information content (AvgIpc) is 3.07. The summed E-state index contributed by atoms with van der Waals surface area (Å²) in [7, 11) is -0.503. The number of hydrogen-bond donors (Lipinski definition) is 0. The highest BCUT2D eigenvalue weighted by Gasteiger charge is 2.31. The van der Waals surface area contributed by atoms with Crippen LogP contribution < -0.4 is 11.1 Å². The van der Waals surface area contributed by atoms with Crippen molar-refractivity contribution in [2.45, 2.75) is 26.1 Å². The maximum Gasteiger partial charge on any atom is 0.281 e. The second kappa shape index (κ2) is 7.44. The van der Waals surface area contributed by atoms with Gasteiger partial charge in [0, 0.05) is 57.4 Å². The van der Waals surface area contributed by atoms with Crippen molar-refractivity contribution in [1.29, 1.82) is 0 Å². The molecule has 1 aliphatic heterocycles. The highest BCUT2D eigenvalue weighted by molar-refractivity contribution is 7.86. The topological polar surface area (TPSA) is 110 Å². The lowest BCUT2D eigenvalue weighted by molar-refractivity contribution is 0.362. The molecule has 0 unspecified atom stereocenters. The van der Waals surface area contributed by atoms with Crippen LogP contribution in [0.2, 0.25) is 0 Å². The second-order valence-corrected chi connectivity index (χ2v) is 10.1. The second-order valence-electron chi connectivity index (χ2n) is 6.91. The SMILES string of the molecule is CN(C)S(=O)(=O)N1CCc2c(sc3ncn(CCn4cnccc4=O)c(=O)c23)C1. The van der Waals surface area contributed by atoms with Crippen molar-refractivity contribution < 1.29 is 8.42 Å². The van der Waals surface area contributed by atoms with Crippen LogP contribution in [0.25, 0.3) is 10.2 Å². The fourth-order valence-corrected chi connectivity index (χ4v) is 5.70. The van der Waals surface area contributed by atoms with E-state index in [4.69, 9.17) is 0 Å². The summed E-state index contributed by atoms with van der Waals surface area (Å²) in [6, 6.07) is 1.37. The molecule has 3 aromatic rings. The first kappa shape index (κ1) is 19.9. The monoisotopic (exact) mass is 436 g/mol. The molecule has 0 amide bonds. The first-order valence-electron chi connectivity index (χ1n) is 8.97. The molecule has 0 spiro atoms. The summed E-state index contributed by atoms with van der Waals surface area (Å²) < 4.78 is 30.4. The third-order valence-electron chi connectivity index (χ3n) is 4.95. The van der Waals surface area contributed by atoms with Gasteiger partial charge in [-0.25, -0.2) is 9.97 Å². The molecule has 4 heterocycles. The Bertz CT molecular complexity index is 1290. The molecular weight excluding hydrogens is 416 g/mol. The first-order valence-corrected chi connectivity index (χ1v) is 11.2. The van der Waals surface area contributed by atoms with E-state index in [9.17, 15) is 18.0 Å². The van der Waals surface area contributed by atoms with E-state index in [2.05, 4.69) is 9.97 Å². The van der Waals surface area contributed by atoms with E-state index >= 15 is 0 Å². The third kappa shape index (κ3) is 3.52. The molecule has 0 N–H and O–H groups in total. The van der Waals surface area contributed by atoms with E-state index < -0.39 is 10.2 Å². The Morgan fingerprint density at radius 1 is 1.17 bits per heavy atom. The van der Waals surface area contributed by atoms with Crippen molar-refractivity contribution >= 4 is 31.8 Å². The lowest BCUT2D eigenvalue weighted by atomic mass is 10.1. The van der Waals surface area contributed by atoms with Gasteiger partial charge in [0.2, 0.25) is 0 Å². The molecule has 0 saturated carbocycles. The number of aromatic nitrogens is 4. The molecule has 0 fully saturated rings. The van der Waals surface area contributed by atoms with Gasteiger partial charge in [-0.2, -0.15) is 17.0 Å². The van der Waals surface area contributed by atoms with Gasteiger partial charge in [0.25, 0.3) is 21.3 Å². The average molecular weight is 437 g/mol.